The summed E-state index contributed by atoms with van der Waals surface area (Å²) >= 11 is 0. The maximum atomic E-state index is 12.8. The van der Waals surface area contributed by atoms with Crippen molar-refractivity contribution in [2.45, 2.75) is 27.7 Å². The monoisotopic (exact) mass is 415 g/mol. The van der Waals surface area contributed by atoms with Gasteiger partial charge in [-0.15, -0.1) is 0 Å². The highest BCUT2D eigenvalue weighted by Crippen LogP contribution is 2.23. The zero-order chi connectivity index (χ0) is 22.0. The molecular weight excluding hydrogens is 386 g/mol. The first-order chi connectivity index (χ1) is 14.9. The Balaban J connectivity index is 1.44. The molecule has 31 heavy (non-hydrogen) atoms. The molecule has 2 aromatic carbocycles. The molecule has 1 N–H and O–H groups in total. The van der Waals surface area contributed by atoms with Gasteiger partial charge in [-0.1, -0.05) is 48.0 Å². The number of hydrogen-bond donors (Lipinski definition) is 1. The number of hydrogen-bond acceptors (Lipinski definition) is 4. The van der Waals surface area contributed by atoms with Gasteiger partial charge in [0, 0.05) is 49.2 Å². The fraction of sp³-hybridized carbons (Fsp3) is 0.320. The second-order valence-corrected chi connectivity index (χ2v) is 8.23. The van der Waals surface area contributed by atoms with E-state index in [2.05, 4.69) is 46.4 Å². The van der Waals surface area contributed by atoms with E-state index in [-0.39, 0.29) is 6.03 Å². The van der Waals surface area contributed by atoms with Crippen molar-refractivity contribution >= 4 is 17.5 Å². The third-order valence-electron chi connectivity index (χ3n) is 5.75. The fourth-order valence-corrected chi connectivity index (χ4v) is 3.88. The number of urea groups is 1. The van der Waals surface area contributed by atoms with Gasteiger partial charge in [-0.3, -0.25) is 0 Å². The van der Waals surface area contributed by atoms with Crippen molar-refractivity contribution < 1.29 is 4.79 Å². The van der Waals surface area contributed by atoms with Gasteiger partial charge in [-0.25, -0.2) is 14.8 Å². The molecule has 0 spiro atoms. The number of anilines is 2. The fourth-order valence-electron chi connectivity index (χ4n) is 3.88. The Hall–Kier alpha value is -3.41. The number of piperazine rings is 1. The van der Waals surface area contributed by atoms with Crippen molar-refractivity contribution in [2.75, 3.05) is 36.4 Å². The first-order valence-corrected chi connectivity index (χ1v) is 10.7. The molecule has 0 saturated carbocycles. The summed E-state index contributed by atoms with van der Waals surface area (Å²) in [5.74, 6) is 1.66. The highest BCUT2D eigenvalue weighted by molar-refractivity contribution is 5.91. The van der Waals surface area contributed by atoms with Crippen molar-refractivity contribution in [3.8, 4) is 11.4 Å². The summed E-state index contributed by atoms with van der Waals surface area (Å²) in [6.07, 6.45) is 0. The molecule has 6 heteroatoms. The summed E-state index contributed by atoms with van der Waals surface area (Å²) in [4.78, 5) is 26.3. The maximum absolute atomic E-state index is 12.8. The predicted octanol–water partition coefficient (Wildman–Crippen LogP) is 4.73. The van der Waals surface area contributed by atoms with E-state index in [1.54, 1.807) is 0 Å². The van der Waals surface area contributed by atoms with Crippen LogP contribution >= 0.6 is 0 Å². The number of rotatable bonds is 3. The standard InChI is InChI=1S/C25H29N5O/c1-17-8-10-21(11-9-17)24-26-20(4)16-22(27-24)29-12-14-30(15-13-29)25(31)28-23-18(2)6-5-7-19(23)3/h5-11,16H,12-15H2,1-4H3,(H,28,31). The third-order valence-corrected chi connectivity index (χ3v) is 5.75. The number of nitrogens with one attached hydrogen (secondary N) is 1. The van der Waals surface area contributed by atoms with Gasteiger partial charge in [0.15, 0.2) is 5.82 Å². The van der Waals surface area contributed by atoms with E-state index in [0.29, 0.717) is 13.1 Å². The lowest BCUT2D eigenvalue weighted by Gasteiger charge is -2.35. The van der Waals surface area contributed by atoms with Crippen LogP contribution in [0.5, 0.6) is 0 Å². The largest absolute Gasteiger partial charge is 0.353 e. The number of aromatic nitrogens is 2. The second kappa shape index (κ2) is 8.76. The van der Waals surface area contributed by atoms with E-state index >= 15 is 0 Å². The minimum absolute atomic E-state index is 0.0451. The Kier molecular flexibility index (Phi) is 5.89. The molecule has 0 unspecified atom stereocenters. The summed E-state index contributed by atoms with van der Waals surface area (Å²) in [6.45, 7) is 10.9. The molecule has 1 aromatic heterocycles. The molecule has 3 aromatic rings. The van der Waals surface area contributed by atoms with E-state index in [9.17, 15) is 4.79 Å². The van der Waals surface area contributed by atoms with Crippen molar-refractivity contribution in [3.05, 3.63) is 70.9 Å². The Morgan fingerprint density at radius 3 is 2.16 bits per heavy atom. The highest BCUT2D eigenvalue weighted by atomic mass is 16.2. The van der Waals surface area contributed by atoms with Gasteiger partial charge in [0.1, 0.15) is 5.82 Å². The zero-order valence-electron chi connectivity index (χ0n) is 18.6. The number of nitrogens with zero attached hydrogens (tertiary/aromatic N) is 4. The molecule has 2 amide bonds. The van der Waals surface area contributed by atoms with E-state index in [0.717, 1.165) is 52.8 Å². The van der Waals surface area contributed by atoms with Crippen molar-refractivity contribution in [2.24, 2.45) is 0 Å². The zero-order valence-corrected chi connectivity index (χ0v) is 18.6. The quantitative estimate of drug-likeness (QED) is 0.672. The van der Waals surface area contributed by atoms with E-state index in [4.69, 9.17) is 4.98 Å². The molecule has 4 rings (SSSR count). The van der Waals surface area contributed by atoms with E-state index in [1.807, 2.05) is 49.9 Å². The smallest absolute Gasteiger partial charge is 0.321 e. The normalized spacial score (nSPS) is 13.9. The Bertz CT molecular complexity index is 1070. The third kappa shape index (κ3) is 4.68. The Labute approximate surface area is 183 Å². The summed E-state index contributed by atoms with van der Waals surface area (Å²) in [5.41, 5.74) is 6.23. The number of amides is 2. The van der Waals surface area contributed by atoms with Crippen molar-refractivity contribution in [3.63, 3.8) is 0 Å². The Morgan fingerprint density at radius 1 is 0.871 bits per heavy atom. The molecule has 1 aliphatic rings. The van der Waals surface area contributed by atoms with Crippen molar-refractivity contribution in [1.82, 2.24) is 14.9 Å². The average molecular weight is 416 g/mol. The van der Waals surface area contributed by atoms with Gasteiger partial charge >= 0.3 is 6.03 Å². The lowest BCUT2D eigenvalue weighted by Crippen LogP contribution is -2.50. The molecular formula is C25H29N5O. The van der Waals surface area contributed by atoms with Crippen LogP contribution < -0.4 is 10.2 Å². The predicted molar refractivity (Wildman–Crippen MR) is 126 cm³/mol. The first kappa shape index (κ1) is 20.8. The van der Waals surface area contributed by atoms with E-state index in [1.165, 1.54) is 5.56 Å². The molecule has 0 atom stereocenters. The van der Waals surface area contributed by atoms with Crippen LogP contribution in [0.2, 0.25) is 0 Å². The lowest BCUT2D eigenvalue weighted by molar-refractivity contribution is 0.208. The van der Waals surface area contributed by atoms with Crippen LogP contribution in [-0.2, 0) is 0 Å². The topological polar surface area (TPSA) is 61.4 Å². The maximum Gasteiger partial charge on any atom is 0.321 e. The summed E-state index contributed by atoms with van der Waals surface area (Å²) in [6, 6.07) is 16.3. The lowest BCUT2D eigenvalue weighted by atomic mass is 10.1. The molecule has 1 saturated heterocycles. The van der Waals surface area contributed by atoms with Crippen LogP contribution in [0.25, 0.3) is 11.4 Å². The first-order valence-electron chi connectivity index (χ1n) is 10.7. The summed E-state index contributed by atoms with van der Waals surface area (Å²) in [5, 5.41) is 3.09. The average Bonchev–Trinajstić information content (AvgIpc) is 2.76. The SMILES string of the molecule is Cc1ccc(-c2nc(C)cc(N3CCN(C(=O)Nc4c(C)cccc4C)CC3)n2)cc1. The van der Waals surface area contributed by atoms with Gasteiger partial charge in [-0.05, 0) is 38.8 Å². The number of benzene rings is 2. The van der Waals surface area contributed by atoms with Gasteiger partial charge in [0.25, 0.3) is 0 Å². The van der Waals surface area contributed by atoms with Crippen LogP contribution in [0.3, 0.4) is 0 Å². The second-order valence-electron chi connectivity index (χ2n) is 8.23. The minimum Gasteiger partial charge on any atom is -0.353 e. The van der Waals surface area contributed by atoms with Gasteiger partial charge < -0.3 is 15.1 Å². The highest BCUT2D eigenvalue weighted by Gasteiger charge is 2.23. The number of carbonyl (C=O) groups excluding carboxylic acids is 1. The number of aryl methyl sites for hydroxylation is 4. The van der Waals surface area contributed by atoms with Crippen molar-refractivity contribution in [1.29, 1.82) is 0 Å². The molecule has 2 heterocycles. The van der Waals surface area contributed by atoms with Crippen LogP contribution in [0.1, 0.15) is 22.4 Å². The molecule has 0 aliphatic carbocycles. The number of carbonyl (C=O) groups is 1. The molecule has 160 valence electrons. The van der Waals surface area contributed by atoms with Gasteiger partial charge in [-0.2, -0.15) is 0 Å². The van der Waals surface area contributed by atoms with Crippen LogP contribution in [-0.4, -0.2) is 47.1 Å². The van der Waals surface area contributed by atoms with Gasteiger partial charge in [0.2, 0.25) is 0 Å². The molecule has 0 radical (unpaired) electrons. The Morgan fingerprint density at radius 2 is 1.52 bits per heavy atom. The van der Waals surface area contributed by atoms with Crippen LogP contribution in [0.15, 0.2) is 48.5 Å². The number of para-hydroxylation sites is 1. The molecule has 1 aliphatic heterocycles. The van der Waals surface area contributed by atoms with Crippen LogP contribution in [0.4, 0.5) is 16.3 Å². The van der Waals surface area contributed by atoms with Gasteiger partial charge in [0.05, 0.1) is 0 Å². The molecule has 6 nitrogen and oxygen atoms in total. The molecule has 0 bridgehead atoms. The van der Waals surface area contributed by atoms with Crippen LogP contribution in [0, 0.1) is 27.7 Å². The minimum atomic E-state index is -0.0451. The summed E-state index contributed by atoms with van der Waals surface area (Å²) < 4.78 is 0. The van der Waals surface area contributed by atoms with E-state index < -0.39 is 0 Å². The molecule has 1 fully saturated rings. The summed E-state index contributed by atoms with van der Waals surface area (Å²) in [7, 11) is 0.